The highest BCUT2D eigenvalue weighted by Gasteiger charge is 2.34. The predicted octanol–water partition coefficient (Wildman–Crippen LogP) is 3.77. The van der Waals surface area contributed by atoms with Gasteiger partial charge >= 0.3 is 6.18 Å². The Labute approximate surface area is 113 Å². The number of hydrogen-bond acceptors (Lipinski definition) is 2. The monoisotopic (exact) mass is 287 g/mol. The van der Waals surface area contributed by atoms with Gasteiger partial charge in [0.05, 0.1) is 11.3 Å². The van der Waals surface area contributed by atoms with Crippen LogP contribution in [-0.4, -0.2) is 16.1 Å². The van der Waals surface area contributed by atoms with Crippen molar-refractivity contribution >= 4 is 5.95 Å². The number of alkyl halides is 3. The fourth-order valence-corrected chi connectivity index (χ4v) is 1.86. The van der Waals surface area contributed by atoms with E-state index < -0.39 is 17.6 Å². The van der Waals surface area contributed by atoms with Crippen molar-refractivity contribution in [3.63, 3.8) is 0 Å². The smallest absolute Gasteiger partial charge is 0.356 e. The summed E-state index contributed by atoms with van der Waals surface area (Å²) in [6.45, 7) is 4.15. The highest BCUT2D eigenvalue weighted by atomic mass is 19.4. The normalized spacial score (nSPS) is 11.7. The molecule has 0 spiro atoms. The molecule has 20 heavy (non-hydrogen) atoms. The minimum Gasteiger partial charge on any atom is -0.356 e. The van der Waals surface area contributed by atoms with Gasteiger partial charge in [-0.2, -0.15) is 13.2 Å². The average molecular weight is 287 g/mol. The lowest BCUT2D eigenvalue weighted by Gasteiger charge is -2.12. The summed E-state index contributed by atoms with van der Waals surface area (Å²) in [6.07, 6.45) is -3.14. The number of hydrogen-bond donors (Lipinski definition) is 1. The number of halogens is 4. The van der Waals surface area contributed by atoms with Gasteiger partial charge in [-0.25, -0.2) is 9.37 Å². The number of aromatic nitrogens is 2. The van der Waals surface area contributed by atoms with Gasteiger partial charge < -0.3 is 5.32 Å². The molecule has 108 valence electrons. The Hall–Kier alpha value is -2.05. The first-order valence-corrected chi connectivity index (χ1v) is 6.00. The van der Waals surface area contributed by atoms with E-state index in [0.29, 0.717) is 18.2 Å². The van der Waals surface area contributed by atoms with Crippen LogP contribution in [0.25, 0.3) is 5.69 Å². The van der Waals surface area contributed by atoms with Gasteiger partial charge in [-0.3, -0.25) is 4.57 Å². The first-order valence-electron chi connectivity index (χ1n) is 6.00. The van der Waals surface area contributed by atoms with Gasteiger partial charge in [-0.1, -0.05) is 0 Å². The van der Waals surface area contributed by atoms with Gasteiger partial charge in [0.25, 0.3) is 0 Å². The maximum atomic E-state index is 13.3. The minimum atomic E-state index is -4.73. The molecule has 0 amide bonds. The summed E-state index contributed by atoms with van der Waals surface area (Å²) < 4.78 is 52.9. The van der Waals surface area contributed by atoms with E-state index in [1.807, 2.05) is 6.92 Å². The molecule has 0 fully saturated rings. The van der Waals surface area contributed by atoms with Gasteiger partial charge in [0.15, 0.2) is 0 Å². The molecule has 3 nitrogen and oxygen atoms in total. The van der Waals surface area contributed by atoms with Gasteiger partial charge in [0.2, 0.25) is 5.95 Å². The van der Waals surface area contributed by atoms with E-state index >= 15 is 0 Å². The largest absolute Gasteiger partial charge is 0.419 e. The van der Waals surface area contributed by atoms with Crippen molar-refractivity contribution in [3.05, 3.63) is 41.5 Å². The molecular weight excluding hydrogens is 274 g/mol. The average Bonchev–Trinajstić information content (AvgIpc) is 2.70. The molecule has 1 heterocycles. The van der Waals surface area contributed by atoms with Crippen LogP contribution in [0.2, 0.25) is 0 Å². The van der Waals surface area contributed by atoms with Crippen molar-refractivity contribution in [1.82, 2.24) is 9.55 Å². The van der Waals surface area contributed by atoms with E-state index in [1.54, 1.807) is 13.1 Å². The summed E-state index contributed by atoms with van der Waals surface area (Å²) >= 11 is 0. The quantitative estimate of drug-likeness (QED) is 0.871. The Morgan fingerprint density at radius 3 is 2.60 bits per heavy atom. The van der Waals surface area contributed by atoms with Crippen LogP contribution in [0.3, 0.4) is 0 Å². The van der Waals surface area contributed by atoms with E-state index in [0.717, 1.165) is 12.1 Å². The molecule has 1 aromatic heterocycles. The topological polar surface area (TPSA) is 29.9 Å². The molecular formula is C13H13F4N3. The summed E-state index contributed by atoms with van der Waals surface area (Å²) in [5.74, 6) is -0.868. The second-order valence-electron chi connectivity index (χ2n) is 4.27. The first-order chi connectivity index (χ1) is 9.32. The molecule has 2 aromatic rings. The van der Waals surface area contributed by atoms with Crippen LogP contribution >= 0.6 is 0 Å². The third-order valence-electron chi connectivity index (χ3n) is 2.69. The lowest BCUT2D eigenvalue weighted by Crippen LogP contribution is -2.10. The Balaban J connectivity index is 2.54. The summed E-state index contributed by atoms with van der Waals surface area (Å²) in [4.78, 5) is 4.17. The standard InChI is InChI=1S/C13H13F4N3/c1-3-18-12-19-8(2)7-20(12)9-4-5-11(14)10(6-9)13(15,16)17/h4-7H,3H2,1-2H3,(H,18,19). The Bertz CT molecular complexity index is 617. The number of aryl methyl sites for hydroxylation is 1. The second-order valence-corrected chi connectivity index (χ2v) is 4.27. The summed E-state index contributed by atoms with van der Waals surface area (Å²) in [6, 6.07) is 2.87. The zero-order valence-electron chi connectivity index (χ0n) is 10.9. The third-order valence-corrected chi connectivity index (χ3v) is 2.69. The molecule has 2 rings (SSSR count). The van der Waals surface area contributed by atoms with Crippen molar-refractivity contribution in [2.45, 2.75) is 20.0 Å². The summed E-state index contributed by atoms with van der Waals surface area (Å²) in [5, 5.41) is 2.95. The predicted molar refractivity (Wildman–Crippen MR) is 67.4 cm³/mol. The number of nitrogens with one attached hydrogen (secondary N) is 1. The van der Waals surface area contributed by atoms with E-state index in [4.69, 9.17) is 0 Å². The lowest BCUT2D eigenvalue weighted by molar-refractivity contribution is -0.140. The molecule has 0 saturated carbocycles. The van der Waals surface area contributed by atoms with Gasteiger partial charge in [0.1, 0.15) is 5.82 Å². The van der Waals surface area contributed by atoms with Crippen LogP contribution < -0.4 is 5.32 Å². The molecule has 0 unspecified atom stereocenters. The molecule has 0 aliphatic carbocycles. The third kappa shape index (κ3) is 2.76. The number of rotatable bonds is 3. The number of imidazole rings is 1. The number of benzene rings is 1. The molecule has 0 bridgehead atoms. The fraction of sp³-hybridized carbons (Fsp3) is 0.308. The maximum absolute atomic E-state index is 13.3. The molecule has 1 N–H and O–H groups in total. The van der Waals surface area contributed by atoms with Crippen LogP contribution in [0.5, 0.6) is 0 Å². The molecule has 0 saturated heterocycles. The van der Waals surface area contributed by atoms with Gasteiger partial charge in [-0.15, -0.1) is 0 Å². The molecule has 7 heteroatoms. The highest BCUT2D eigenvalue weighted by Crippen LogP contribution is 2.33. The maximum Gasteiger partial charge on any atom is 0.419 e. The Morgan fingerprint density at radius 1 is 1.30 bits per heavy atom. The lowest BCUT2D eigenvalue weighted by atomic mass is 10.2. The van der Waals surface area contributed by atoms with E-state index in [-0.39, 0.29) is 5.69 Å². The van der Waals surface area contributed by atoms with Crippen molar-refractivity contribution in [2.24, 2.45) is 0 Å². The summed E-state index contributed by atoms with van der Waals surface area (Å²) in [5.41, 5.74) is -0.432. The molecule has 0 atom stereocenters. The van der Waals surface area contributed by atoms with E-state index in [1.165, 1.54) is 10.6 Å². The van der Waals surface area contributed by atoms with Crippen LogP contribution in [0.1, 0.15) is 18.2 Å². The van der Waals surface area contributed by atoms with Crippen molar-refractivity contribution in [1.29, 1.82) is 0 Å². The van der Waals surface area contributed by atoms with Crippen molar-refractivity contribution in [2.75, 3.05) is 11.9 Å². The van der Waals surface area contributed by atoms with Gasteiger partial charge in [0, 0.05) is 18.4 Å². The number of anilines is 1. The first kappa shape index (κ1) is 14.4. The zero-order chi connectivity index (χ0) is 14.9. The molecule has 0 aliphatic rings. The van der Waals surface area contributed by atoms with Crippen LogP contribution in [0, 0.1) is 12.7 Å². The molecule has 1 aromatic carbocycles. The van der Waals surface area contributed by atoms with Crippen molar-refractivity contribution < 1.29 is 17.6 Å². The number of nitrogens with zero attached hydrogens (tertiary/aromatic N) is 2. The zero-order valence-corrected chi connectivity index (χ0v) is 10.9. The van der Waals surface area contributed by atoms with Crippen molar-refractivity contribution in [3.8, 4) is 5.69 Å². The highest BCUT2D eigenvalue weighted by molar-refractivity contribution is 5.45. The van der Waals surface area contributed by atoms with Gasteiger partial charge in [-0.05, 0) is 32.0 Å². The van der Waals surface area contributed by atoms with Crippen LogP contribution in [-0.2, 0) is 6.18 Å². The minimum absolute atomic E-state index is 0.204. The van der Waals surface area contributed by atoms with E-state index in [2.05, 4.69) is 10.3 Å². The Kier molecular flexibility index (Phi) is 3.69. The second kappa shape index (κ2) is 5.15. The molecule has 0 radical (unpaired) electrons. The van der Waals surface area contributed by atoms with Crippen LogP contribution in [0.4, 0.5) is 23.5 Å². The van der Waals surface area contributed by atoms with Crippen LogP contribution in [0.15, 0.2) is 24.4 Å². The SMILES string of the molecule is CCNc1nc(C)cn1-c1ccc(F)c(C(F)(F)F)c1. The molecule has 0 aliphatic heterocycles. The fourth-order valence-electron chi connectivity index (χ4n) is 1.86. The van der Waals surface area contributed by atoms with E-state index in [9.17, 15) is 17.6 Å². The summed E-state index contributed by atoms with van der Waals surface area (Å²) in [7, 11) is 0. The Morgan fingerprint density at radius 2 is 2.00 bits per heavy atom.